The zero-order chi connectivity index (χ0) is 19.5. The zero-order valence-corrected chi connectivity index (χ0v) is 15.3. The highest BCUT2D eigenvalue weighted by molar-refractivity contribution is 5.62. The number of fused-ring (bicyclic) bond motifs is 1. The molecule has 1 aromatic carbocycles. The topological polar surface area (TPSA) is 105 Å². The van der Waals surface area contributed by atoms with Crippen LogP contribution in [0.4, 0.5) is 0 Å². The minimum atomic E-state index is -0.523. The van der Waals surface area contributed by atoms with Crippen molar-refractivity contribution in [2.75, 3.05) is 7.11 Å². The normalized spacial score (nSPS) is 13.0. The Labute approximate surface area is 159 Å². The van der Waals surface area contributed by atoms with Crippen LogP contribution in [0.5, 0.6) is 5.75 Å². The second kappa shape index (κ2) is 7.51. The summed E-state index contributed by atoms with van der Waals surface area (Å²) in [5.41, 5.74) is 1.85. The molecule has 4 aromatic rings. The molecule has 0 atom stereocenters. The van der Waals surface area contributed by atoms with Gasteiger partial charge in [-0.05, 0) is 37.0 Å². The number of methoxy groups -OCH3 is 1. The van der Waals surface area contributed by atoms with Crippen LogP contribution in [0.1, 0.15) is 24.3 Å². The van der Waals surface area contributed by atoms with E-state index in [1.165, 1.54) is 6.20 Å². The average Bonchev–Trinajstić information content (AvgIpc) is 3.45. The number of ether oxygens (including phenoxy) is 1. The number of nitrogens with one attached hydrogen (secondary N) is 2. The van der Waals surface area contributed by atoms with E-state index in [1.54, 1.807) is 24.0 Å². The fraction of sp³-hybridized carbons (Fsp3) is 0.200. The van der Waals surface area contributed by atoms with Crippen molar-refractivity contribution in [1.82, 2.24) is 24.6 Å². The standard InChI is InChI=1S/C13H11N5O2.C7H8O/c19-12-9(6-15-13(20)16-12)10-5-8(7-1-2-7)11-14-3-4-18(11)17-10;1-8-7-5-3-2-4-6-7/h3-7H,1-2H2,(H2,15,16,19,20);2-6H,1H3. The third kappa shape index (κ3) is 3.71. The van der Waals surface area contributed by atoms with Crippen molar-refractivity contribution >= 4 is 5.65 Å². The summed E-state index contributed by atoms with van der Waals surface area (Å²) in [5, 5.41) is 4.38. The van der Waals surface area contributed by atoms with E-state index >= 15 is 0 Å². The van der Waals surface area contributed by atoms with Gasteiger partial charge in [-0.25, -0.2) is 14.3 Å². The molecule has 0 unspecified atom stereocenters. The molecule has 2 N–H and O–H groups in total. The van der Waals surface area contributed by atoms with Crippen molar-refractivity contribution in [3.63, 3.8) is 0 Å². The molecule has 1 fully saturated rings. The number of aromatic amines is 2. The number of hydrogen-bond acceptors (Lipinski definition) is 5. The molecule has 0 amide bonds. The van der Waals surface area contributed by atoms with Gasteiger partial charge in [0.25, 0.3) is 5.56 Å². The molecule has 28 heavy (non-hydrogen) atoms. The predicted octanol–water partition coefficient (Wildman–Crippen LogP) is 2.35. The van der Waals surface area contributed by atoms with Gasteiger partial charge in [0.05, 0.1) is 18.4 Å². The molecule has 142 valence electrons. The summed E-state index contributed by atoms with van der Waals surface area (Å²) in [6, 6.07) is 11.6. The van der Waals surface area contributed by atoms with Crippen molar-refractivity contribution in [3.05, 3.63) is 81.4 Å². The van der Waals surface area contributed by atoms with Crippen molar-refractivity contribution in [1.29, 1.82) is 0 Å². The van der Waals surface area contributed by atoms with Crippen LogP contribution >= 0.6 is 0 Å². The van der Waals surface area contributed by atoms with Gasteiger partial charge in [0, 0.05) is 24.2 Å². The first kappa shape index (κ1) is 17.7. The van der Waals surface area contributed by atoms with Gasteiger partial charge in [-0.15, -0.1) is 0 Å². The summed E-state index contributed by atoms with van der Waals surface area (Å²) in [6.07, 6.45) is 7.10. The Kier molecular flexibility index (Phi) is 4.76. The van der Waals surface area contributed by atoms with Gasteiger partial charge in [0.1, 0.15) is 5.75 Å². The van der Waals surface area contributed by atoms with E-state index in [9.17, 15) is 9.59 Å². The first-order valence-corrected chi connectivity index (χ1v) is 8.91. The van der Waals surface area contributed by atoms with Gasteiger partial charge < -0.3 is 9.72 Å². The van der Waals surface area contributed by atoms with E-state index in [-0.39, 0.29) is 0 Å². The summed E-state index contributed by atoms with van der Waals surface area (Å²) < 4.78 is 6.59. The number of H-pyrrole nitrogens is 2. The highest BCUT2D eigenvalue weighted by atomic mass is 16.5. The number of imidazole rings is 1. The molecular weight excluding hydrogens is 358 g/mol. The Hall–Kier alpha value is -3.68. The van der Waals surface area contributed by atoms with Crippen LogP contribution in [0, 0.1) is 0 Å². The van der Waals surface area contributed by atoms with Crippen LogP contribution in [-0.4, -0.2) is 31.7 Å². The molecule has 8 heteroatoms. The number of hydrogen-bond donors (Lipinski definition) is 2. The second-order valence-corrected chi connectivity index (χ2v) is 6.46. The van der Waals surface area contributed by atoms with E-state index in [0.29, 0.717) is 17.2 Å². The van der Waals surface area contributed by atoms with Gasteiger partial charge in [-0.3, -0.25) is 9.78 Å². The Morgan fingerprint density at radius 1 is 1.18 bits per heavy atom. The molecular formula is C20H19N5O3. The van der Waals surface area contributed by atoms with E-state index < -0.39 is 11.2 Å². The minimum absolute atomic E-state index is 0.349. The van der Waals surface area contributed by atoms with E-state index in [0.717, 1.165) is 29.8 Å². The Morgan fingerprint density at radius 2 is 1.96 bits per heavy atom. The van der Waals surface area contributed by atoms with Crippen molar-refractivity contribution in [2.45, 2.75) is 18.8 Å². The van der Waals surface area contributed by atoms with E-state index in [4.69, 9.17) is 4.74 Å². The Balaban J connectivity index is 0.000000203. The molecule has 1 aliphatic carbocycles. The summed E-state index contributed by atoms with van der Waals surface area (Å²) >= 11 is 0. The lowest BCUT2D eigenvalue weighted by Crippen LogP contribution is -2.23. The minimum Gasteiger partial charge on any atom is -0.497 e. The molecule has 0 spiro atoms. The maximum absolute atomic E-state index is 11.9. The molecule has 1 saturated carbocycles. The van der Waals surface area contributed by atoms with Crippen LogP contribution in [0.25, 0.3) is 16.9 Å². The maximum Gasteiger partial charge on any atom is 0.325 e. The predicted molar refractivity (Wildman–Crippen MR) is 105 cm³/mol. The number of benzene rings is 1. The third-order valence-corrected chi connectivity index (χ3v) is 4.48. The Morgan fingerprint density at radius 3 is 2.61 bits per heavy atom. The van der Waals surface area contributed by atoms with Gasteiger partial charge in [-0.2, -0.15) is 5.10 Å². The lowest BCUT2D eigenvalue weighted by Gasteiger charge is -2.05. The van der Waals surface area contributed by atoms with E-state index in [2.05, 4.69) is 20.1 Å². The molecule has 8 nitrogen and oxygen atoms in total. The third-order valence-electron chi connectivity index (χ3n) is 4.48. The summed E-state index contributed by atoms with van der Waals surface area (Å²) in [4.78, 5) is 31.9. The van der Waals surface area contributed by atoms with Crippen LogP contribution < -0.4 is 16.0 Å². The molecule has 0 radical (unpaired) electrons. The number of rotatable bonds is 3. The molecule has 3 heterocycles. The SMILES string of the molecule is COc1ccccc1.O=c1[nH]cc(-c2cc(C3CC3)c3nccn3n2)c(=O)[nH]1. The molecule has 3 aromatic heterocycles. The van der Waals surface area contributed by atoms with Gasteiger partial charge >= 0.3 is 5.69 Å². The van der Waals surface area contributed by atoms with Crippen molar-refractivity contribution in [3.8, 4) is 17.0 Å². The summed E-state index contributed by atoms with van der Waals surface area (Å²) in [6.45, 7) is 0. The lowest BCUT2D eigenvalue weighted by molar-refractivity contribution is 0.415. The fourth-order valence-corrected chi connectivity index (χ4v) is 2.92. The molecule has 0 aliphatic heterocycles. The van der Waals surface area contributed by atoms with Crippen LogP contribution in [0.3, 0.4) is 0 Å². The van der Waals surface area contributed by atoms with E-state index in [1.807, 2.05) is 36.4 Å². The number of nitrogens with zero attached hydrogens (tertiary/aromatic N) is 3. The first-order chi connectivity index (χ1) is 13.7. The summed E-state index contributed by atoms with van der Waals surface area (Å²) in [5.74, 6) is 1.40. The monoisotopic (exact) mass is 377 g/mol. The molecule has 0 bridgehead atoms. The van der Waals surface area contributed by atoms with Gasteiger partial charge in [0.15, 0.2) is 5.65 Å². The summed E-state index contributed by atoms with van der Waals surface area (Å²) in [7, 11) is 1.66. The van der Waals surface area contributed by atoms with Crippen molar-refractivity contribution in [2.24, 2.45) is 0 Å². The first-order valence-electron chi connectivity index (χ1n) is 8.91. The molecule has 0 saturated heterocycles. The fourth-order valence-electron chi connectivity index (χ4n) is 2.92. The highest BCUT2D eigenvalue weighted by Crippen LogP contribution is 2.42. The smallest absolute Gasteiger partial charge is 0.325 e. The van der Waals surface area contributed by atoms with Crippen LogP contribution in [0.15, 0.2) is 64.6 Å². The van der Waals surface area contributed by atoms with Crippen molar-refractivity contribution < 1.29 is 4.74 Å². The van der Waals surface area contributed by atoms with Gasteiger partial charge in [0.2, 0.25) is 0 Å². The van der Waals surface area contributed by atoms with Crippen LogP contribution in [0.2, 0.25) is 0 Å². The lowest BCUT2D eigenvalue weighted by atomic mass is 10.1. The second-order valence-electron chi connectivity index (χ2n) is 6.46. The Bertz CT molecular complexity index is 1210. The molecule has 1 aliphatic rings. The highest BCUT2D eigenvalue weighted by Gasteiger charge is 2.27. The maximum atomic E-state index is 11.9. The number of para-hydroxylation sites is 1. The number of aromatic nitrogens is 5. The zero-order valence-electron chi connectivity index (χ0n) is 15.3. The van der Waals surface area contributed by atoms with Gasteiger partial charge in [-0.1, -0.05) is 18.2 Å². The van der Waals surface area contributed by atoms with Crippen LogP contribution in [-0.2, 0) is 0 Å². The average molecular weight is 377 g/mol. The molecule has 5 rings (SSSR count). The largest absolute Gasteiger partial charge is 0.497 e. The quantitative estimate of drug-likeness (QED) is 0.570.